The molecule has 0 saturated carbocycles. The number of rotatable bonds is 3. The number of amides is 1. The first-order chi connectivity index (χ1) is 12.2. The lowest BCUT2D eigenvalue weighted by atomic mass is 9.95. The smallest absolute Gasteiger partial charge is 0.230 e. The number of benzene rings is 1. The molecule has 0 aliphatic carbocycles. The lowest BCUT2D eigenvalue weighted by Gasteiger charge is -2.31. The van der Waals surface area contributed by atoms with Crippen LogP contribution in [0.3, 0.4) is 0 Å². The summed E-state index contributed by atoms with van der Waals surface area (Å²) in [6, 6.07) is 7.71. The van der Waals surface area contributed by atoms with Gasteiger partial charge < -0.3 is 18.9 Å². The number of methoxy groups -OCH3 is 1. The van der Waals surface area contributed by atoms with Crippen molar-refractivity contribution in [1.82, 2.24) is 10.1 Å². The highest BCUT2D eigenvalue weighted by Gasteiger charge is 2.37. The second-order valence-corrected chi connectivity index (χ2v) is 6.74. The van der Waals surface area contributed by atoms with Crippen LogP contribution < -0.4 is 9.47 Å². The van der Waals surface area contributed by atoms with E-state index in [-0.39, 0.29) is 17.9 Å². The van der Waals surface area contributed by atoms with E-state index in [9.17, 15) is 4.79 Å². The lowest BCUT2D eigenvalue weighted by Crippen LogP contribution is -2.40. The Morgan fingerprint density at radius 1 is 1.36 bits per heavy atom. The van der Waals surface area contributed by atoms with E-state index < -0.39 is 0 Å². The van der Waals surface area contributed by atoms with E-state index in [1.54, 1.807) is 7.11 Å². The average Bonchev–Trinajstić information content (AvgIpc) is 3.28. The summed E-state index contributed by atoms with van der Waals surface area (Å²) in [5.74, 6) is 2.34. The first kappa shape index (κ1) is 16.0. The summed E-state index contributed by atoms with van der Waals surface area (Å²) in [5.41, 5.74) is 1.91. The van der Waals surface area contributed by atoms with Crippen molar-refractivity contribution in [3.05, 3.63) is 41.3 Å². The zero-order chi connectivity index (χ0) is 17.4. The fourth-order valence-corrected chi connectivity index (χ4v) is 3.75. The van der Waals surface area contributed by atoms with Crippen molar-refractivity contribution in [2.24, 2.45) is 5.92 Å². The maximum Gasteiger partial charge on any atom is 0.230 e. The molecule has 1 saturated heterocycles. The summed E-state index contributed by atoms with van der Waals surface area (Å²) < 4.78 is 16.3. The Hall–Kier alpha value is -2.50. The molecule has 2 aromatic rings. The van der Waals surface area contributed by atoms with E-state index in [2.05, 4.69) is 5.16 Å². The molecule has 0 radical (unpaired) electrons. The number of fused-ring (bicyclic) bond motifs is 1. The molecule has 25 heavy (non-hydrogen) atoms. The molecular weight excluding hydrogens is 320 g/mol. The van der Waals surface area contributed by atoms with Crippen LogP contribution >= 0.6 is 0 Å². The van der Waals surface area contributed by atoms with Crippen molar-refractivity contribution in [3.63, 3.8) is 0 Å². The maximum atomic E-state index is 13.1. The fraction of sp³-hybridized carbons (Fsp3) is 0.474. The number of aromatic nitrogens is 1. The monoisotopic (exact) mass is 342 g/mol. The molecule has 0 spiro atoms. The Morgan fingerprint density at radius 2 is 2.24 bits per heavy atom. The van der Waals surface area contributed by atoms with Crippen LogP contribution in [0.1, 0.15) is 35.9 Å². The van der Waals surface area contributed by atoms with Gasteiger partial charge in [-0.3, -0.25) is 4.79 Å². The largest absolute Gasteiger partial charge is 0.497 e. The van der Waals surface area contributed by atoms with Crippen molar-refractivity contribution in [2.75, 3.05) is 20.3 Å². The predicted octanol–water partition coefficient (Wildman–Crippen LogP) is 2.91. The maximum absolute atomic E-state index is 13.1. The molecule has 2 aliphatic rings. The second-order valence-electron chi connectivity index (χ2n) is 6.74. The molecule has 0 N–H and O–H groups in total. The minimum Gasteiger partial charge on any atom is -0.497 e. The Balaban J connectivity index is 1.51. The van der Waals surface area contributed by atoms with E-state index >= 15 is 0 Å². The number of hydrogen-bond donors (Lipinski definition) is 0. The van der Waals surface area contributed by atoms with Crippen molar-refractivity contribution in [2.45, 2.75) is 32.2 Å². The molecule has 1 aromatic heterocycles. The molecular formula is C19H22N2O4. The number of aryl methyl sites for hydroxylation is 1. The highest BCUT2D eigenvalue weighted by atomic mass is 16.5. The number of hydrogen-bond acceptors (Lipinski definition) is 5. The van der Waals surface area contributed by atoms with Gasteiger partial charge in [-0.2, -0.15) is 0 Å². The molecule has 1 fully saturated rings. The van der Waals surface area contributed by atoms with Gasteiger partial charge in [0.25, 0.3) is 0 Å². The Morgan fingerprint density at radius 3 is 3.00 bits per heavy atom. The van der Waals surface area contributed by atoms with Gasteiger partial charge in [0.1, 0.15) is 29.6 Å². The summed E-state index contributed by atoms with van der Waals surface area (Å²) in [6.45, 7) is 3.04. The third kappa shape index (κ3) is 2.97. The number of nitrogens with zero attached hydrogens (tertiary/aromatic N) is 2. The van der Waals surface area contributed by atoms with Crippen LogP contribution in [0, 0.1) is 12.8 Å². The van der Waals surface area contributed by atoms with E-state index in [4.69, 9.17) is 14.0 Å². The van der Waals surface area contributed by atoms with E-state index in [1.807, 2.05) is 36.1 Å². The minimum absolute atomic E-state index is 0.0159. The minimum atomic E-state index is -0.158. The van der Waals surface area contributed by atoms with Crippen molar-refractivity contribution < 1.29 is 18.8 Å². The third-order valence-corrected chi connectivity index (χ3v) is 5.05. The van der Waals surface area contributed by atoms with Gasteiger partial charge in [-0.05, 0) is 37.8 Å². The van der Waals surface area contributed by atoms with Crippen molar-refractivity contribution in [3.8, 4) is 11.5 Å². The van der Waals surface area contributed by atoms with Crippen LogP contribution in [-0.2, 0) is 11.2 Å². The van der Waals surface area contributed by atoms with Gasteiger partial charge in [-0.25, -0.2) is 0 Å². The van der Waals surface area contributed by atoms with Crippen LogP contribution in [0.2, 0.25) is 0 Å². The van der Waals surface area contributed by atoms with Gasteiger partial charge in [-0.1, -0.05) is 11.2 Å². The van der Waals surface area contributed by atoms with Crippen LogP contribution in [0.15, 0.2) is 28.8 Å². The highest BCUT2D eigenvalue weighted by Crippen LogP contribution is 2.36. The van der Waals surface area contributed by atoms with Gasteiger partial charge in [-0.15, -0.1) is 0 Å². The van der Waals surface area contributed by atoms with E-state index in [0.29, 0.717) is 13.0 Å². The topological polar surface area (TPSA) is 64.8 Å². The van der Waals surface area contributed by atoms with Crippen molar-refractivity contribution >= 4 is 5.91 Å². The SMILES string of the molecule is COc1ccc2c(c1)OC[C@@H](C(=O)N1CCC[C@@H]1c1cc(C)on1)C2. The molecule has 4 rings (SSSR count). The van der Waals surface area contributed by atoms with E-state index in [1.165, 1.54) is 0 Å². The zero-order valence-electron chi connectivity index (χ0n) is 14.5. The molecule has 1 amide bonds. The summed E-state index contributed by atoms with van der Waals surface area (Å²) in [6.07, 6.45) is 2.61. The Kier molecular flexibility index (Phi) is 4.11. The summed E-state index contributed by atoms with van der Waals surface area (Å²) in [7, 11) is 1.63. The first-order valence-electron chi connectivity index (χ1n) is 8.69. The second kappa shape index (κ2) is 6.43. The van der Waals surface area contributed by atoms with Crippen LogP contribution in [0.25, 0.3) is 0 Å². The van der Waals surface area contributed by atoms with Crippen LogP contribution in [-0.4, -0.2) is 36.2 Å². The van der Waals surface area contributed by atoms with Crippen LogP contribution in [0.4, 0.5) is 0 Å². The summed E-state index contributed by atoms with van der Waals surface area (Å²) in [4.78, 5) is 15.0. The molecule has 3 heterocycles. The summed E-state index contributed by atoms with van der Waals surface area (Å²) >= 11 is 0. The predicted molar refractivity (Wildman–Crippen MR) is 90.6 cm³/mol. The highest BCUT2D eigenvalue weighted by molar-refractivity contribution is 5.80. The lowest BCUT2D eigenvalue weighted by molar-refractivity contribution is -0.138. The Bertz CT molecular complexity index is 785. The van der Waals surface area contributed by atoms with Crippen molar-refractivity contribution in [1.29, 1.82) is 0 Å². The standard InChI is InChI=1S/C19H22N2O4/c1-12-8-16(20-25-12)17-4-3-7-21(17)19(22)14-9-13-5-6-15(23-2)10-18(13)24-11-14/h5-6,8,10,14,17H,3-4,7,9,11H2,1-2H3/t14-,17+/m0/s1. The fourth-order valence-electron chi connectivity index (χ4n) is 3.75. The first-order valence-corrected chi connectivity index (χ1v) is 8.69. The Labute approximate surface area is 146 Å². The molecule has 2 aliphatic heterocycles. The van der Waals surface area contributed by atoms with Gasteiger partial charge >= 0.3 is 0 Å². The molecule has 6 nitrogen and oxygen atoms in total. The van der Waals surface area contributed by atoms with Gasteiger partial charge in [0, 0.05) is 18.7 Å². The van der Waals surface area contributed by atoms with Gasteiger partial charge in [0.05, 0.1) is 19.1 Å². The quantitative estimate of drug-likeness (QED) is 0.858. The number of carbonyl (C=O) groups excluding carboxylic acids is 1. The summed E-state index contributed by atoms with van der Waals surface area (Å²) in [5, 5.41) is 4.12. The number of ether oxygens (including phenoxy) is 2. The van der Waals surface area contributed by atoms with E-state index in [0.717, 1.165) is 47.9 Å². The number of carbonyl (C=O) groups is 1. The number of likely N-dealkylation sites (tertiary alicyclic amines) is 1. The van der Waals surface area contributed by atoms with Gasteiger partial charge in [0.15, 0.2) is 0 Å². The van der Waals surface area contributed by atoms with Gasteiger partial charge in [0.2, 0.25) is 5.91 Å². The molecule has 2 atom stereocenters. The molecule has 1 aromatic carbocycles. The third-order valence-electron chi connectivity index (χ3n) is 5.05. The molecule has 132 valence electrons. The normalized spacial score (nSPS) is 22.4. The zero-order valence-corrected chi connectivity index (χ0v) is 14.5. The molecule has 0 unspecified atom stereocenters. The molecule has 0 bridgehead atoms. The molecule has 6 heteroatoms. The van der Waals surface area contributed by atoms with Crippen LogP contribution in [0.5, 0.6) is 11.5 Å². The average molecular weight is 342 g/mol.